The lowest BCUT2D eigenvalue weighted by Crippen LogP contribution is -2.46. The van der Waals surface area contributed by atoms with Crippen LogP contribution in [0.5, 0.6) is 0 Å². The smallest absolute Gasteiger partial charge is 0.0473 e. The second-order valence-electron chi connectivity index (χ2n) is 5.75. The van der Waals surface area contributed by atoms with Gasteiger partial charge in [0.1, 0.15) is 0 Å². The normalized spacial score (nSPS) is 25.3. The number of rotatable bonds is 4. The van der Waals surface area contributed by atoms with Crippen molar-refractivity contribution in [3.8, 4) is 0 Å². The summed E-state index contributed by atoms with van der Waals surface area (Å²) in [4.78, 5) is 2.69. The lowest BCUT2D eigenvalue weighted by Gasteiger charge is -2.36. The van der Waals surface area contributed by atoms with E-state index in [0.29, 0.717) is 6.04 Å². The molecule has 1 heterocycles. The SMILES string of the molecule is CCc1ccc(C2CNCCN2CC2CC2)cc1. The van der Waals surface area contributed by atoms with Gasteiger partial charge in [-0.1, -0.05) is 31.2 Å². The fourth-order valence-electron chi connectivity index (χ4n) is 2.90. The Kier molecular flexibility index (Phi) is 3.67. The molecule has 1 aliphatic carbocycles. The highest BCUT2D eigenvalue weighted by atomic mass is 15.2. The molecule has 1 atom stereocenters. The highest BCUT2D eigenvalue weighted by molar-refractivity contribution is 5.25. The molecule has 2 heteroatoms. The van der Waals surface area contributed by atoms with Gasteiger partial charge in [0.15, 0.2) is 0 Å². The number of aryl methyl sites for hydroxylation is 1. The molecule has 1 N–H and O–H groups in total. The Hall–Kier alpha value is -0.860. The van der Waals surface area contributed by atoms with Crippen molar-refractivity contribution in [2.24, 2.45) is 5.92 Å². The third-order valence-electron chi connectivity index (χ3n) is 4.32. The maximum atomic E-state index is 3.54. The van der Waals surface area contributed by atoms with Gasteiger partial charge in [-0.25, -0.2) is 0 Å². The van der Waals surface area contributed by atoms with Crippen LogP contribution >= 0.6 is 0 Å². The van der Waals surface area contributed by atoms with E-state index >= 15 is 0 Å². The number of hydrogen-bond donors (Lipinski definition) is 1. The molecule has 0 radical (unpaired) electrons. The Morgan fingerprint density at radius 3 is 2.67 bits per heavy atom. The van der Waals surface area contributed by atoms with Crippen LogP contribution < -0.4 is 5.32 Å². The Labute approximate surface area is 110 Å². The second-order valence-corrected chi connectivity index (χ2v) is 5.75. The zero-order chi connectivity index (χ0) is 12.4. The van der Waals surface area contributed by atoms with E-state index in [-0.39, 0.29) is 0 Å². The topological polar surface area (TPSA) is 15.3 Å². The zero-order valence-electron chi connectivity index (χ0n) is 11.4. The highest BCUT2D eigenvalue weighted by Gasteiger charge is 2.30. The minimum absolute atomic E-state index is 0.588. The van der Waals surface area contributed by atoms with E-state index in [1.807, 2.05) is 0 Å². The number of nitrogens with one attached hydrogen (secondary N) is 1. The predicted molar refractivity (Wildman–Crippen MR) is 75.7 cm³/mol. The van der Waals surface area contributed by atoms with Gasteiger partial charge in [0.2, 0.25) is 0 Å². The van der Waals surface area contributed by atoms with E-state index in [1.54, 1.807) is 0 Å². The van der Waals surface area contributed by atoms with E-state index in [2.05, 4.69) is 41.4 Å². The van der Waals surface area contributed by atoms with Gasteiger partial charge < -0.3 is 5.32 Å². The third-order valence-corrected chi connectivity index (χ3v) is 4.32. The van der Waals surface area contributed by atoms with Crippen LogP contribution in [0.25, 0.3) is 0 Å². The van der Waals surface area contributed by atoms with Gasteiger partial charge in [0.25, 0.3) is 0 Å². The van der Waals surface area contributed by atoms with E-state index in [1.165, 1.54) is 37.1 Å². The van der Waals surface area contributed by atoms with Gasteiger partial charge >= 0.3 is 0 Å². The first-order valence-electron chi connectivity index (χ1n) is 7.40. The number of nitrogens with zero attached hydrogens (tertiary/aromatic N) is 1. The van der Waals surface area contributed by atoms with Crippen molar-refractivity contribution >= 4 is 0 Å². The molecule has 98 valence electrons. The number of hydrogen-bond acceptors (Lipinski definition) is 2. The number of benzene rings is 1. The lowest BCUT2D eigenvalue weighted by molar-refractivity contribution is 0.155. The van der Waals surface area contributed by atoms with Crippen LogP contribution in [0.2, 0.25) is 0 Å². The van der Waals surface area contributed by atoms with Gasteiger partial charge in [-0.05, 0) is 36.3 Å². The van der Waals surface area contributed by atoms with Crippen LogP contribution in [0.4, 0.5) is 0 Å². The summed E-state index contributed by atoms with van der Waals surface area (Å²) in [7, 11) is 0. The summed E-state index contributed by atoms with van der Waals surface area (Å²) >= 11 is 0. The molecule has 0 bridgehead atoms. The Morgan fingerprint density at radius 1 is 1.22 bits per heavy atom. The Balaban J connectivity index is 1.73. The van der Waals surface area contributed by atoms with Crippen molar-refractivity contribution in [3.05, 3.63) is 35.4 Å². The molecule has 2 aliphatic rings. The summed E-state index contributed by atoms with van der Waals surface area (Å²) in [5.41, 5.74) is 2.93. The first-order valence-corrected chi connectivity index (χ1v) is 7.40. The fraction of sp³-hybridized carbons (Fsp3) is 0.625. The van der Waals surface area contributed by atoms with Gasteiger partial charge in [-0.15, -0.1) is 0 Å². The van der Waals surface area contributed by atoms with Gasteiger partial charge in [0, 0.05) is 32.2 Å². The molecular weight excluding hydrogens is 220 g/mol. The Bertz CT molecular complexity index is 381. The first kappa shape index (κ1) is 12.2. The molecular formula is C16H24N2. The molecule has 0 amide bonds. The molecule has 1 saturated carbocycles. The number of piperazine rings is 1. The van der Waals surface area contributed by atoms with Crippen molar-refractivity contribution in [2.45, 2.75) is 32.2 Å². The van der Waals surface area contributed by atoms with Crippen molar-refractivity contribution in [2.75, 3.05) is 26.2 Å². The van der Waals surface area contributed by atoms with Crippen LogP contribution in [0.1, 0.15) is 36.9 Å². The van der Waals surface area contributed by atoms with Crippen LogP contribution in [-0.4, -0.2) is 31.1 Å². The molecule has 1 aromatic rings. The van der Waals surface area contributed by atoms with Crippen LogP contribution in [0, 0.1) is 5.92 Å². The standard InChI is InChI=1S/C16H24N2/c1-2-13-5-7-15(8-6-13)16-11-17-9-10-18(16)12-14-3-4-14/h5-8,14,16-17H,2-4,9-12H2,1H3. The molecule has 0 aromatic heterocycles. The summed E-state index contributed by atoms with van der Waals surface area (Å²) in [5.74, 6) is 0.987. The van der Waals surface area contributed by atoms with Gasteiger partial charge in [0.05, 0.1) is 0 Å². The summed E-state index contributed by atoms with van der Waals surface area (Å²) in [6.07, 6.45) is 4.03. The summed E-state index contributed by atoms with van der Waals surface area (Å²) in [6, 6.07) is 9.83. The zero-order valence-corrected chi connectivity index (χ0v) is 11.4. The van der Waals surface area contributed by atoms with Gasteiger partial charge in [-0.3, -0.25) is 4.90 Å². The lowest BCUT2D eigenvalue weighted by atomic mass is 10.0. The minimum Gasteiger partial charge on any atom is -0.314 e. The van der Waals surface area contributed by atoms with E-state index in [4.69, 9.17) is 0 Å². The maximum Gasteiger partial charge on any atom is 0.0473 e. The molecule has 3 rings (SSSR count). The van der Waals surface area contributed by atoms with Crippen molar-refractivity contribution < 1.29 is 0 Å². The average Bonchev–Trinajstić information content (AvgIpc) is 3.24. The van der Waals surface area contributed by atoms with Crippen molar-refractivity contribution in [3.63, 3.8) is 0 Å². The second kappa shape index (κ2) is 5.41. The molecule has 1 unspecified atom stereocenters. The molecule has 1 aromatic carbocycles. The first-order chi connectivity index (χ1) is 8.86. The molecule has 1 saturated heterocycles. The average molecular weight is 244 g/mol. The minimum atomic E-state index is 0.588. The van der Waals surface area contributed by atoms with Crippen LogP contribution in [-0.2, 0) is 6.42 Å². The van der Waals surface area contributed by atoms with E-state index in [9.17, 15) is 0 Å². The molecule has 2 fully saturated rings. The summed E-state index contributed by atoms with van der Waals surface area (Å²) < 4.78 is 0. The summed E-state index contributed by atoms with van der Waals surface area (Å²) in [5, 5.41) is 3.54. The Morgan fingerprint density at radius 2 is 2.00 bits per heavy atom. The monoisotopic (exact) mass is 244 g/mol. The van der Waals surface area contributed by atoms with E-state index < -0.39 is 0 Å². The van der Waals surface area contributed by atoms with E-state index in [0.717, 1.165) is 25.4 Å². The molecule has 1 aliphatic heterocycles. The maximum absolute atomic E-state index is 3.54. The molecule has 18 heavy (non-hydrogen) atoms. The summed E-state index contributed by atoms with van der Waals surface area (Å²) in [6.45, 7) is 6.99. The van der Waals surface area contributed by atoms with Crippen LogP contribution in [0.3, 0.4) is 0 Å². The van der Waals surface area contributed by atoms with Crippen molar-refractivity contribution in [1.29, 1.82) is 0 Å². The predicted octanol–water partition coefficient (Wildman–Crippen LogP) is 2.61. The molecule has 2 nitrogen and oxygen atoms in total. The quantitative estimate of drug-likeness (QED) is 0.876. The highest BCUT2D eigenvalue weighted by Crippen LogP contribution is 2.33. The van der Waals surface area contributed by atoms with Crippen molar-refractivity contribution in [1.82, 2.24) is 10.2 Å². The fourth-order valence-corrected chi connectivity index (χ4v) is 2.90. The largest absolute Gasteiger partial charge is 0.314 e. The molecule has 0 spiro atoms. The van der Waals surface area contributed by atoms with Gasteiger partial charge in [-0.2, -0.15) is 0 Å². The third kappa shape index (κ3) is 2.76. The van der Waals surface area contributed by atoms with Crippen LogP contribution in [0.15, 0.2) is 24.3 Å².